The minimum absolute atomic E-state index is 0.0612. The lowest BCUT2D eigenvalue weighted by Crippen LogP contribution is -2.52. The van der Waals surface area contributed by atoms with Gasteiger partial charge in [-0.05, 0) is 84.6 Å². The smallest absolute Gasteiger partial charge is 0.124 e. The molecular weight excluding hydrogens is 404 g/mol. The van der Waals surface area contributed by atoms with Crippen LogP contribution in [-0.2, 0) is 22.4 Å². The first kappa shape index (κ1) is 23.1. The summed E-state index contributed by atoms with van der Waals surface area (Å²) in [5.41, 5.74) is 1.13. The molecule has 31 heavy (non-hydrogen) atoms. The third-order valence-corrected chi connectivity index (χ3v) is 10.5. The van der Waals surface area contributed by atoms with E-state index in [2.05, 4.69) is 37.3 Å². The highest BCUT2D eigenvalue weighted by atomic mass is 32.1. The van der Waals surface area contributed by atoms with Gasteiger partial charge in [0.25, 0.3) is 0 Å². The Morgan fingerprint density at radius 1 is 1.06 bits per heavy atom. The van der Waals surface area contributed by atoms with Crippen LogP contribution in [0.5, 0.6) is 0 Å². The zero-order chi connectivity index (χ0) is 22.2. The molecular formula is C26H40N2O2S. The lowest BCUT2D eigenvalue weighted by molar-refractivity contribution is -0.132. The van der Waals surface area contributed by atoms with Gasteiger partial charge in [0.15, 0.2) is 0 Å². The van der Waals surface area contributed by atoms with Crippen LogP contribution >= 0.6 is 11.5 Å². The minimum Gasteiger partial charge on any atom is -0.303 e. The van der Waals surface area contributed by atoms with Gasteiger partial charge in [-0.1, -0.05) is 51.4 Å². The Kier molecular flexibility index (Phi) is 6.72. The predicted molar refractivity (Wildman–Crippen MR) is 125 cm³/mol. The van der Waals surface area contributed by atoms with Crippen molar-refractivity contribution in [3.05, 3.63) is 10.6 Å². The van der Waals surface area contributed by atoms with Crippen molar-refractivity contribution in [3.8, 4) is 0 Å². The number of unbranched alkanes of at least 4 members (excludes halogenated alkanes) is 1. The highest BCUT2D eigenvalue weighted by Gasteiger charge is 2.58. The van der Waals surface area contributed by atoms with Gasteiger partial charge in [-0.3, -0.25) is 0 Å². The second-order valence-electron chi connectivity index (χ2n) is 11.7. The number of carbonyl (C=O) groups is 2. The van der Waals surface area contributed by atoms with Crippen molar-refractivity contribution < 1.29 is 9.59 Å². The number of aldehydes is 2. The van der Waals surface area contributed by atoms with Crippen LogP contribution < -0.4 is 0 Å². The third-order valence-electron chi connectivity index (χ3n) is 9.72. The summed E-state index contributed by atoms with van der Waals surface area (Å²) in [6.45, 7) is 9.38. The maximum absolute atomic E-state index is 12.6. The molecule has 1 aromatic heterocycles. The van der Waals surface area contributed by atoms with Crippen LogP contribution in [0.2, 0.25) is 0 Å². The normalized spacial score (nSPS) is 39.8. The lowest BCUT2D eigenvalue weighted by atomic mass is 9.49. The molecule has 0 bridgehead atoms. The molecule has 0 saturated heterocycles. The van der Waals surface area contributed by atoms with E-state index in [1.165, 1.54) is 67.6 Å². The number of hydrogen-bond acceptors (Lipinski definition) is 5. The van der Waals surface area contributed by atoms with Crippen LogP contribution in [0.4, 0.5) is 0 Å². The van der Waals surface area contributed by atoms with Gasteiger partial charge in [-0.2, -0.15) is 0 Å². The molecule has 3 aliphatic rings. The standard InChI is InChI=1S/C26H40N2O2S/c1-17(2)7-5-6-8-18-9-10-21-20(16-30)22(11-12-25(18,21)3)26(4)14-24-23(27-28-31-24)13-19(26)15-29/h15-22H,5-14H2,1-4H3/t18-,19+,20-,21-,22-,25+,26-/m0/s1. The maximum atomic E-state index is 12.6. The molecule has 4 rings (SSSR count). The van der Waals surface area contributed by atoms with Crippen molar-refractivity contribution in [2.75, 3.05) is 0 Å². The number of aromatic nitrogens is 2. The molecule has 1 heterocycles. The van der Waals surface area contributed by atoms with E-state index < -0.39 is 0 Å². The Bertz CT molecular complexity index is 792. The van der Waals surface area contributed by atoms with Crippen LogP contribution in [0, 0.1) is 46.3 Å². The van der Waals surface area contributed by atoms with Gasteiger partial charge in [0.2, 0.25) is 0 Å². The topological polar surface area (TPSA) is 59.9 Å². The molecule has 0 spiro atoms. The summed E-state index contributed by atoms with van der Waals surface area (Å²) in [6.07, 6.45) is 14.0. The van der Waals surface area contributed by atoms with Crippen LogP contribution in [0.25, 0.3) is 0 Å². The van der Waals surface area contributed by atoms with E-state index in [9.17, 15) is 9.59 Å². The third kappa shape index (κ3) is 4.05. The van der Waals surface area contributed by atoms with Crippen molar-refractivity contribution in [2.45, 2.75) is 91.9 Å². The van der Waals surface area contributed by atoms with Gasteiger partial charge >= 0.3 is 0 Å². The second kappa shape index (κ2) is 9.03. The van der Waals surface area contributed by atoms with E-state index in [1.54, 1.807) is 0 Å². The molecule has 0 aromatic carbocycles. The van der Waals surface area contributed by atoms with Crippen molar-refractivity contribution in [1.82, 2.24) is 9.59 Å². The van der Waals surface area contributed by atoms with Gasteiger partial charge in [0.05, 0.1) is 5.69 Å². The Hall–Kier alpha value is -1.10. The number of fused-ring (bicyclic) bond motifs is 2. The summed E-state index contributed by atoms with van der Waals surface area (Å²) in [7, 11) is 0. The van der Waals surface area contributed by atoms with Crippen LogP contribution in [0.1, 0.15) is 89.6 Å². The van der Waals surface area contributed by atoms with Gasteiger partial charge < -0.3 is 9.59 Å². The summed E-state index contributed by atoms with van der Waals surface area (Å²) in [6, 6.07) is 0. The molecule has 3 aliphatic carbocycles. The van der Waals surface area contributed by atoms with Crippen LogP contribution in [0.15, 0.2) is 0 Å². The maximum Gasteiger partial charge on any atom is 0.124 e. The Morgan fingerprint density at radius 2 is 1.84 bits per heavy atom. The highest BCUT2D eigenvalue weighted by Crippen LogP contribution is 2.63. The average Bonchev–Trinajstić information content (AvgIpc) is 3.32. The SMILES string of the molecule is CC(C)CCCC[C@H]1CC[C@H]2[C@H](C=O)[C@@H]([C@@]3(C)Cc4snnc4C[C@@H]3C=O)CC[C@]12C. The van der Waals surface area contributed by atoms with Gasteiger partial charge in [-0.15, -0.1) is 5.10 Å². The first-order valence-corrected chi connectivity index (χ1v) is 13.3. The molecule has 172 valence electrons. The van der Waals surface area contributed by atoms with Crippen molar-refractivity contribution in [1.29, 1.82) is 0 Å². The molecule has 0 N–H and O–H groups in total. The molecule has 2 saturated carbocycles. The molecule has 0 unspecified atom stereocenters. The van der Waals surface area contributed by atoms with E-state index in [4.69, 9.17) is 0 Å². The summed E-state index contributed by atoms with van der Waals surface area (Å²) in [5.74, 6) is 2.32. The number of hydrogen-bond donors (Lipinski definition) is 0. The Labute approximate surface area is 192 Å². The monoisotopic (exact) mass is 444 g/mol. The first-order valence-electron chi connectivity index (χ1n) is 12.5. The molecule has 7 atom stereocenters. The van der Waals surface area contributed by atoms with Crippen molar-refractivity contribution in [3.63, 3.8) is 0 Å². The quantitative estimate of drug-likeness (QED) is 0.368. The van der Waals surface area contributed by atoms with E-state index in [-0.39, 0.29) is 23.2 Å². The predicted octanol–water partition coefficient (Wildman–Crippen LogP) is 5.93. The largest absolute Gasteiger partial charge is 0.303 e. The van der Waals surface area contributed by atoms with E-state index in [1.807, 2.05) is 0 Å². The molecule has 5 heteroatoms. The molecule has 0 radical (unpaired) electrons. The zero-order valence-electron chi connectivity index (χ0n) is 19.8. The fourth-order valence-electron chi connectivity index (χ4n) is 7.72. The summed E-state index contributed by atoms with van der Waals surface area (Å²) in [5, 5.41) is 4.27. The number of rotatable bonds is 8. The highest BCUT2D eigenvalue weighted by molar-refractivity contribution is 7.05. The lowest BCUT2D eigenvalue weighted by Gasteiger charge is -2.54. The van der Waals surface area contributed by atoms with E-state index in [0.717, 1.165) is 36.7 Å². The molecule has 0 aliphatic heterocycles. The van der Waals surface area contributed by atoms with Crippen LogP contribution in [0.3, 0.4) is 0 Å². The Balaban J connectivity index is 1.52. The van der Waals surface area contributed by atoms with Gasteiger partial charge in [0, 0.05) is 23.1 Å². The fourth-order valence-corrected chi connectivity index (χ4v) is 8.57. The minimum atomic E-state index is -0.161. The molecule has 1 aromatic rings. The molecule has 0 amide bonds. The van der Waals surface area contributed by atoms with Gasteiger partial charge in [-0.25, -0.2) is 0 Å². The average molecular weight is 445 g/mol. The number of nitrogens with zero attached hydrogens (tertiary/aromatic N) is 2. The number of carbonyl (C=O) groups excluding carboxylic acids is 2. The van der Waals surface area contributed by atoms with E-state index in [0.29, 0.717) is 17.8 Å². The van der Waals surface area contributed by atoms with Crippen molar-refractivity contribution in [2.24, 2.45) is 46.3 Å². The molecule has 4 nitrogen and oxygen atoms in total. The second-order valence-corrected chi connectivity index (χ2v) is 12.5. The summed E-state index contributed by atoms with van der Waals surface area (Å²) in [4.78, 5) is 25.9. The summed E-state index contributed by atoms with van der Waals surface area (Å²) < 4.78 is 4.15. The summed E-state index contributed by atoms with van der Waals surface area (Å²) >= 11 is 1.48. The first-order chi connectivity index (χ1) is 14.8. The Morgan fingerprint density at radius 3 is 2.55 bits per heavy atom. The zero-order valence-corrected chi connectivity index (χ0v) is 20.6. The van der Waals surface area contributed by atoms with Crippen molar-refractivity contribution >= 4 is 24.1 Å². The molecule has 2 fully saturated rings. The van der Waals surface area contributed by atoms with Crippen LogP contribution in [-0.4, -0.2) is 22.2 Å². The van der Waals surface area contributed by atoms with Gasteiger partial charge in [0.1, 0.15) is 12.6 Å². The fraction of sp³-hybridized carbons (Fsp3) is 0.846. The van der Waals surface area contributed by atoms with E-state index >= 15 is 0 Å².